The second-order valence-corrected chi connectivity index (χ2v) is 6.50. The summed E-state index contributed by atoms with van der Waals surface area (Å²) in [5.74, 6) is -0.0188. The summed E-state index contributed by atoms with van der Waals surface area (Å²) in [6.45, 7) is 2.31. The molecule has 2 N–H and O–H groups in total. The average Bonchev–Trinajstić information content (AvgIpc) is 2.91. The highest BCUT2D eigenvalue weighted by Crippen LogP contribution is 2.26. The topological polar surface area (TPSA) is 65.2 Å². The first kappa shape index (κ1) is 16.3. The summed E-state index contributed by atoms with van der Waals surface area (Å²) >= 11 is 0. The minimum Gasteiger partial charge on any atom is -0.378 e. The summed E-state index contributed by atoms with van der Waals surface area (Å²) < 4.78 is 0. The molecular formula is C19H23N3O2. The zero-order valence-electron chi connectivity index (χ0n) is 14.4. The van der Waals surface area contributed by atoms with Crippen LogP contribution >= 0.6 is 0 Å². The Morgan fingerprint density at radius 3 is 2.54 bits per heavy atom. The summed E-state index contributed by atoms with van der Waals surface area (Å²) in [5.41, 5.74) is 5.08. The number of hydrogen-bond acceptors (Lipinski definition) is 3. The van der Waals surface area contributed by atoms with Crippen LogP contribution in [0.25, 0.3) is 0 Å². The van der Waals surface area contributed by atoms with Gasteiger partial charge in [0, 0.05) is 44.0 Å². The highest BCUT2D eigenvalue weighted by atomic mass is 16.2. The van der Waals surface area contributed by atoms with Crippen LogP contribution in [0.15, 0.2) is 24.3 Å². The Bertz CT molecular complexity index is 773. The van der Waals surface area contributed by atoms with Crippen LogP contribution in [0.5, 0.6) is 0 Å². The average molecular weight is 325 g/mol. The Morgan fingerprint density at radius 1 is 1.21 bits per heavy atom. The number of Topliss-reactive ketones (excluding diaryl/α,β-unsaturated/α-hetero) is 1. The Hall–Kier alpha value is -2.56. The number of H-pyrrole nitrogens is 1. The van der Waals surface area contributed by atoms with Crippen molar-refractivity contribution in [1.29, 1.82) is 0 Å². The van der Waals surface area contributed by atoms with E-state index < -0.39 is 0 Å². The summed E-state index contributed by atoms with van der Waals surface area (Å²) in [5, 5.41) is 2.93. The van der Waals surface area contributed by atoms with Crippen molar-refractivity contribution in [3.63, 3.8) is 0 Å². The predicted octanol–water partition coefficient (Wildman–Crippen LogP) is 2.84. The van der Waals surface area contributed by atoms with Gasteiger partial charge in [-0.3, -0.25) is 9.59 Å². The molecule has 0 aliphatic heterocycles. The molecule has 0 unspecified atom stereocenters. The molecular weight excluding hydrogens is 302 g/mol. The van der Waals surface area contributed by atoms with Gasteiger partial charge in [0.15, 0.2) is 5.78 Å². The molecule has 0 radical (unpaired) electrons. The number of ketones is 1. The standard InChI is InChI=1S/C19H23N3O2/c1-12-17-15(5-4-6-16(17)23)21-18(12)19(24)20-11-13-7-9-14(10-8-13)22(2)3/h7-10,21H,4-6,11H2,1-3H3,(H,20,24). The molecule has 0 bridgehead atoms. The van der Waals surface area contributed by atoms with Gasteiger partial charge in [-0.2, -0.15) is 0 Å². The van der Waals surface area contributed by atoms with Crippen molar-refractivity contribution in [1.82, 2.24) is 10.3 Å². The fourth-order valence-corrected chi connectivity index (χ4v) is 3.18. The molecule has 0 atom stereocenters. The van der Waals surface area contributed by atoms with Crippen LogP contribution in [0.2, 0.25) is 0 Å². The van der Waals surface area contributed by atoms with E-state index >= 15 is 0 Å². The second-order valence-electron chi connectivity index (χ2n) is 6.50. The maximum absolute atomic E-state index is 12.5. The van der Waals surface area contributed by atoms with E-state index in [1.54, 1.807) is 0 Å². The van der Waals surface area contributed by atoms with Crippen molar-refractivity contribution in [3.8, 4) is 0 Å². The molecule has 5 heteroatoms. The second kappa shape index (κ2) is 6.51. The molecule has 1 aliphatic carbocycles. The van der Waals surface area contributed by atoms with Gasteiger partial charge in [0.1, 0.15) is 5.69 Å². The Balaban J connectivity index is 1.70. The number of rotatable bonds is 4. The number of anilines is 1. The highest BCUT2D eigenvalue weighted by Gasteiger charge is 2.26. The molecule has 0 spiro atoms. The molecule has 1 aromatic carbocycles. The van der Waals surface area contributed by atoms with E-state index in [-0.39, 0.29) is 11.7 Å². The zero-order valence-corrected chi connectivity index (χ0v) is 14.4. The van der Waals surface area contributed by atoms with Crippen molar-refractivity contribution in [2.45, 2.75) is 32.7 Å². The monoisotopic (exact) mass is 325 g/mol. The number of nitrogens with zero attached hydrogens (tertiary/aromatic N) is 1. The van der Waals surface area contributed by atoms with Crippen LogP contribution in [0.4, 0.5) is 5.69 Å². The summed E-state index contributed by atoms with van der Waals surface area (Å²) in [6.07, 6.45) is 2.26. The fourth-order valence-electron chi connectivity index (χ4n) is 3.18. The molecule has 24 heavy (non-hydrogen) atoms. The first-order valence-electron chi connectivity index (χ1n) is 8.26. The number of hydrogen-bond donors (Lipinski definition) is 2. The number of fused-ring (bicyclic) bond motifs is 1. The smallest absolute Gasteiger partial charge is 0.268 e. The minimum absolute atomic E-state index is 0.142. The molecule has 0 saturated carbocycles. The van der Waals surface area contributed by atoms with Crippen LogP contribution < -0.4 is 10.2 Å². The summed E-state index contributed by atoms with van der Waals surface area (Å²) in [6, 6.07) is 8.06. The third-order valence-corrected chi connectivity index (χ3v) is 4.57. The molecule has 126 valence electrons. The number of benzene rings is 1. The van der Waals surface area contributed by atoms with E-state index in [0.29, 0.717) is 18.7 Å². The van der Waals surface area contributed by atoms with Crippen LogP contribution in [0.3, 0.4) is 0 Å². The maximum atomic E-state index is 12.5. The van der Waals surface area contributed by atoms with Crippen LogP contribution in [0.1, 0.15) is 50.5 Å². The first-order valence-corrected chi connectivity index (χ1v) is 8.26. The van der Waals surface area contributed by atoms with Crippen LogP contribution in [-0.4, -0.2) is 30.8 Å². The summed E-state index contributed by atoms with van der Waals surface area (Å²) in [4.78, 5) is 29.7. The molecule has 1 heterocycles. The van der Waals surface area contributed by atoms with Gasteiger partial charge >= 0.3 is 0 Å². The van der Waals surface area contributed by atoms with E-state index in [9.17, 15) is 9.59 Å². The van der Waals surface area contributed by atoms with Gasteiger partial charge in [-0.05, 0) is 43.0 Å². The van der Waals surface area contributed by atoms with Crippen molar-refractivity contribution < 1.29 is 9.59 Å². The molecule has 2 aromatic rings. The molecule has 0 saturated heterocycles. The van der Waals surface area contributed by atoms with E-state index in [4.69, 9.17) is 0 Å². The lowest BCUT2D eigenvalue weighted by Crippen LogP contribution is -2.24. The zero-order chi connectivity index (χ0) is 17.3. The lowest BCUT2D eigenvalue weighted by Gasteiger charge is -2.13. The van der Waals surface area contributed by atoms with E-state index in [0.717, 1.165) is 40.9 Å². The SMILES string of the molecule is Cc1c(C(=O)NCc2ccc(N(C)C)cc2)[nH]c2c1C(=O)CCC2. The van der Waals surface area contributed by atoms with Gasteiger partial charge in [-0.25, -0.2) is 0 Å². The van der Waals surface area contributed by atoms with Crippen LogP contribution in [0, 0.1) is 6.92 Å². The van der Waals surface area contributed by atoms with Crippen molar-refractivity contribution in [3.05, 3.63) is 52.3 Å². The van der Waals surface area contributed by atoms with Crippen molar-refractivity contribution in [2.24, 2.45) is 0 Å². The van der Waals surface area contributed by atoms with Gasteiger partial charge in [0.05, 0.1) is 0 Å². The molecule has 5 nitrogen and oxygen atoms in total. The normalized spacial score (nSPS) is 13.5. The minimum atomic E-state index is -0.161. The van der Waals surface area contributed by atoms with E-state index in [1.807, 2.05) is 50.2 Å². The van der Waals surface area contributed by atoms with Crippen molar-refractivity contribution in [2.75, 3.05) is 19.0 Å². The number of carbonyl (C=O) groups excluding carboxylic acids is 2. The lowest BCUT2D eigenvalue weighted by molar-refractivity contribution is 0.0945. The Kier molecular flexibility index (Phi) is 4.42. The van der Waals surface area contributed by atoms with Gasteiger partial charge in [-0.15, -0.1) is 0 Å². The number of carbonyl (C=O) groups is 2. The molecule has 0 fully saturated rings. The number of aromatic nitrogens is 1. The van der Waals surface area contributed by atoms with Crippen LogP contribution in [-0.2, 0) is 13.0 Å². The van der Waals surface area contributed by atoms with Gasteiger partial charge in [0.25, 0.3) is 5.91 Å². The first-order chi connectivity index (χ1) is 11.5. The third-order valence-electron chi connectivity index (χ3n) is 4.57. The maximum Gasteiger partial charge on any atom is 0.268 e. The number of nitrogens with one attached hydrogen (secondary N) is 2. The third kappa shape index (κ3) is 3.07. The predicted molar refractivity (Wildman–Crippen MR) is 94.7 cm³/mol. The number of aromatic amines is 1. The van der Waals surface area contributed by atoms with Gasteiger partial charge in [0.2, 0.25) is 0 Å². The van der Waals surface area contributed by atoms with Gasteiger partial charge < -0.3 is 15.2 Å². The summed E-state index contributed by atoms with van der Waals surface area (Å²) in [7, 11) is 3.99. The number of amides is 1. The van der Waals surface area contributed by atoms with E-state index in [2.05, 4.69) is 10.3 Å². The molecule has 3 rings (SSSR count). The number of aryl methyl sites for hydroxylation is 1. The molecule has 1 amide bonds. The van der Waals surface area contributed by atoms with E-state index in [1.165, 1.54) is 0 Å². The highest BCUT2D eigenvalue weighted by molar-refractivity contribution is 6.04. The fraction of sp³-hybridized carbons (Fsp3) is 0.368. The van der Waals surface area contributed by atoms with Crippen molar-refractivity contribution >= 4 is 17.4 Å². The largest absolute Gasteiger partial charge is 0.378 e. The molecule has 1 aliphatic rings. The molecule has 1 aromatic heterocycles. The van der Waals surface area contributed by atoms with Gasteiger partial charge in [-0.1, -0.05) is 12.1 Å². The Labute approximate surface area is 142 Å². The Morgan fingerprint density at radius 2 is 1.92 bits per heavy atom. The quantitative estimate of drug-likeness (QED) is 0.908. The lowest BCUT2D eigenvalue weighted by atomic mass is 9.94.